The first-order valence-electron chi connectivity index (χ1n) is 7.26. The Kier molecular flexibility index (Phi) is 3.20. The van der Waals surface area contributed by atoms with E-state index in [9.17, 15) is 4.79 Å². The lowest BCUT2D eigenvalue weighted by molar-refractivity contribution is 0.0897. The Morgan fingerprint density at radius 1 is 1.57 bits per heavy atom. The monoisotopic (exact) mass is 287 g/mol. The van der Waals surface area contributed by atoms with Crippen molar-refractivity contribution in [2.24, 2.45) is 18.7 Å². The highest BCUT2D eigenvalue weighted by Crippen LogP contribution is 2.39. The predicted octanol–water partition coefficient (Wildman–Crippen LogP) is 1.13. The minimum absolute atomic E-state index is 0.118. The number of amides is 1. The Morgan fingerprint density at radius 3 is 2.90 bits per heavy atom. The average Bonchev–Trinajstić information content (AvgIpc) is 3.27. The van der Waals surface area contributed by atoms with Crippen molar-refractivity contribution in [3.05, 3.63) is 23.5 Å². The SMILES string of the molecule is Cc1nn(C)c2ncc(C(=O)NC(C)(CN)C3CC3)cc12. The van der Waals surface area contributed by atoms with Crippen LogP contribution < -0.4 is 11.1 Å². The van der Waals surface area contributed by atoms with Gasteiger partial charge in [-0.2, -0.15) is 5.10 Å². The van der Waals surface area contributed by atoms with E-state index in [0.717, 1.165) is 29.6 Å². The molecule has 1 aliphatic rings. The summed E-state index contributed by atoms with van der Waals surface area (Å²) < 4.78 is 1.72. The summed E-state index contributed by atoms with van der Waals surface area (Å²) in [4.78, 5) is 16.8. The van der Waals surface area contributed by atoms with Gasteiger partial charge in [0.2, 0.25) is 0 Å². The molecule has 21 heavy (non-hydrogen) atoms. The molecule has 0 saturated heterocycles. The lowest BCUT2D eigenvalue weighted by Crippen LogP contribution is -2.53. The number of fused-ring (bicyclic) bond motifs is 1. The Morgan fingerprint density at radius 2 is 2.29 bits per heavy atom. The minimum atomic E-state index is -0.323. The summed E-state index contributed by atoms with van der Waals surface area (Å²) in [6, 6.07) is 1.85. The second kappa shape index (κ2) is 4.80. The van der Waals surface area contributed by atoms with Gasteiger partial charge in [-0.05, 0) is 38.7 Å². The molecule has 3 rings (SSSR count). The first-order valence-corrected chi connectivity index (χ1v) is 7.26. The number of aromatic nitrogens is 3. The van der Waals surface area contributed by atoms with E-state index >= 15 is 0 Å². The highest BCUT2D eigenvalue weighted by molar-refractivity contribution is 5.97. The second-order valence-electron chi connectivity index (χ2n) is 6.15. The molecule has 2 aromatic heterocycles. The molecule has 0 aromatic carbocycles. The molecule has 6 heteroatoms. The van der Waals surface area contributed by atoms with E-state index in [4.69, 9.17) is 5.73 Å². The Balaban J connectivity index is 1.89. The van der Waals surface area contributed by atoms with Crippen molar-refractivity contribution in [1.82, 2.24) is 20.1 Å². The van der Waals surface area contributed by atoms with Crippen LogP contribution in [-0.4, -0.2) is 32.8 Å². The molecular formula is C15H21N5O. The van der Waals surface area contributed by atoms with E-state index in [2.05, 4.69) is 15.4 Å². The van der Waals surface area contributed by atoms with Gasteiger partial charge in [-0.15, -0.1) is 0 Å². The molecule has 1 atom stereocenters. The van der Waals surface area contributed by atoms with Gasteiger partial charge in [0.05, 0.1) is 16.8 Å². The van der Waals surface area contributed by atoms with Crippen molar-refractivity contribution in [2.75, 3.05) is 6.54 Å². The summed E-state index contributed by atoms with van der Waals surface area (Å²) in [6.45, 7) is 4.38. The molecule has 0 spiro atoms. The fourth-order valence-corrected chi connectivity index (χ4v) is 2.80. The van der Waals surface area contributed by atoms with Gasteiger partial charge in [-0.3, -0.25) is 9.48 Å². The van der Waals surface area contributed by atoms with Crippen LogP contribution >= 0.6 is 0 Å². The van der Waals surface area contributed by atoms with Crippen molar-refractivity contribution >= 4 is 16.9 Å². The van der Waals surface area contributed by atoms with Crippen LogP contribution in [0.5, 0.6) is 0 Å². The van der Waals surface area contributed by atoms with E-state index in [0.29, 0.717) is 18.0 Å². The van der Waals surface area contributed by atoms with E-state index in [1.807, 2.05) is 27.0 Å². The first kappa shape index (κ1) is 14.0. The largest absolute Gasteiger partial charge is 0.345 e. The van der Waals surface area contributed by atoms with Gasteiger partial charge in [0.15, 0.2) is 5.65 Å². The molecule has 1 fully saturated rings. The van der Waals surface area contributed by atoms with Crippen molar-refractivity contribution < 1.29 is 4.79 Å². The first-order chi connectivity index (χ1) is 9.94. The summed E-state index contributed by atoms with van der Waals surface area (Å²) in [5, 5.41) is 8.31. The zero-order valence-electron chi connectivity index (χ0n) is 12.7. The van der Waals surface area contributed by atoms with Crippen LogP contribution in [0.15, 0.2) is 12.3 Å². The molecule has 0 aliphatic heterocycles. The molecule has 6 nitrogen and oxygen atoms in total. The minimum Gasteiger partial charge on any atom is -0.345 e. The van der Waals surface area contributed by atoms with Gasteiger partial charge in [-0.25, -0.2) is 4.98 Å². The predicted molar refractivity (Wildman–Crippen MR) is 80.9 cm³/mol. The maximum absolute atomic E-state index is 12.5. The number of rotatable bonds is 4. The number of hydrogen-bond acceptors (Lipinski definition) is 4. The smallest absolute Gasteiger partial charge is 0.253 e. The molecule has 1 aliphatic carbocycles. The number of aryl methyl sites for hydroxylation is 2. The fourth-order valence-electron chi connectivity index (χ4n) is 2.80. The number of carbonyl (C=O) groups excluding carboxylic acids is 1. The molecule has 1 amide bonds. The highest BCUT2D eigenvalue weighted by Gasteiger charge is 2.41. The lowest BCUT2D eigenvalue weighted by atomic mass is 9.95. The van der Waals surface area contributed by atoms with Gasteiger partial charge < -0.3 is 11.1 Å². The summed E-state index contributed by atoms with van der Waals surface area (Å²) in [7, 11) is 1.85. The van der Waals surface area contributed by atoms with E-state index in [1.165, 1.54) is 0 Å². The van der Waals surface area contributed by atoms with Crippen LogP contribution in [0.1, 0.15) is 35.8 Å². The van der Waals surface area contributed by atoms with Crippen LogP contribution in [-0.2, 0) is 7.05 Å². The van der Waals surface area contributed by atoms with E-state index in [1.54, 1.807) is 10.9 Å². The molecule has 0 bridgehead atoms. The Bertz CT molecular complexity index is 703. The standard InChI is InChI=1S/C15H21N5O/c1-9-12-6-10(7-17-13(12)20(3)19-9)14(21)18-15(2,8-16)11-4-5-11/h6-7,11H,4-5,8,16H2,1-3H3,(H,18,21). The van der Waals surface area contributed by atoms with Crippen LogP contribution in [0.25, 0.3) is 11.0 Å². The maximum Gasteiger partial charge on any atom is 0.253 e. The third-order valence-electron chi connectivity index (χ3n) is 4.43. The molecule has 0 radical (unpaired) electrons. The zero-order valence-corrected chi connectivity index (χ0v) is 12.7. The summed E-state index contributed by atoms with van der Waals surface area (Å²) in [5.41, 5.74) is 7.74. The molecule has 2 heterocycles. The molecule has 112 valence electrons. The molecular weight excluding hydrogens is 266 g/mol. The van der Waals surface area contributed by atoms with Crippen LogP contribution in [0.4, 0.5) is 0 Å². The molecule has 3 N–H and O–H groups in total. The van der Waals surface area contributed by atoms with Gasteiger partial charge in [0.25, 0.3) is 5.91 Å². The van der Waals surface area contributed by atoms with Gasteiger partial charge in [0.1, 0.15) is 0 Å². The quantitative estimate of drug-likeness (QED) is 0.882. The fraction of sp³-hybridized carbons (Fsp3) is 0.533. The number of hydrogen-bond donors (Lipinski definition) is 2. The second-order valence-corrected chi connectivity index (χ2v) is 6.15. The highest BCUT2D eigenvalue weighted by atomic mass is 16.1. The Hall–Kier alpha value is -1.95. The summed E-state index contributed by atoms with van der Waals surface area (Å²) in [6.07, 6.45) is 3.86. The Labute approximate surface area is 123 Å². The summed E-state index contributed by atoms with van der Waals surface area (Å²) in [5.74, 6) is 0.371. The van der Waals surface area contributed by atoms with Gasteiger partial charge in [-0.1, -0.05) is 0 Å². The lowest BCUT2D eigenvalue weighted by Gasteiger charge is -2.29. The average molecular weight is 287 g/mol. The molecule has 2 aromatic rings. The van der Waals surface area contributed by atoms with Crippen LogP contribution in [0, 0.1) is 12.8 Å². The van der Waals surface area contributed by atoms with Crippen molar-refractivity contribution in [1.29, 1.82) is 0 Å². The van der Waals surface area contributed by atoms with Crippen molar-refractivity contribution in [2.45, 2.75) is 32.2 Å². The number of nitrogens with one attached hydrogen (secondary N) is 1. The van der Waals surface area contributed by atoms with E-state index < -0.39 is 0 Å². The molecule has 1 unspecified atom stereocenters. The van der Waals surface area contributed by atoms with Crippen LogP contribution in [0.2, 0.25) is 0 Å². The number of carbonyl (C=O) groups is 1. The topological polar surface area (TPSA) is 85.8 Å². The number of nitrogens with zero attached hydrogens (tertiary/aromatic N) is 3. The van der Waals surface area contributed by atoms with Gasteiger partial charge in [0, 0.05) is 25.2 Å². The number of pyridine rings is 1. The number of nitrogens with two attached hydrogens (primary N) is 1. The maximum atomic E-state index is 12.5. The zero-order chi connectivity index (χ0) is 15.2. The van der Waals surface area contributed by atoms with Crippen LogP contribution in [0.3, 0.4) is 0 Å². The third-order valence-corrected chi connectivity index (χ3v) is 4.43. The van der Waals surface area contributed by atoms with E-state index in [-0.39, 0.29) is 11.4 Å². The third kappa shape index (κ3) is 2.40. The summed E-state index contributed by atoms with van der Waals surface area (Å²) >= 11 is 0. The van der Waals surface area contributed by atoms with Crippen molar-refractivity contribution in [3.8, 4) is 0 Å². The van der Waals surface area contributed by atoms with Gasteiger partial charge >= 0.3 is 0 Å². The normalized spacial score (nSPS) is 17.7. The molecule has 1 saturated carbocycles. The van der Waals surface area contributed by atoms with Crippen molar-refractivity contribution in [3.63, 3.8) is 0 Å².